The second-order valence-corrected chi connectivity index (χ2v) is 5.47. The summed E-state index contributed by atoms with van der Waals surface area (Å²) in [6.07, 6.45) is 1.11. The van der Waals surface area contributed by atoms with Crippen LogP contribution in [0.1, 0.15) is 5.56 Å². The smallest absolute Gasteiger partial charge is 0.307 e. The number of alkyl halides is 1. The van der Waals surface area contributed by atoms with E-state index < -0.39 is 12.8 Å². The molecule has 128 valence electrons. The van der Waals surface area contributed by atoms with Gasteiger partial charge in [0.15, 0.2) is 0 Å². The number of carboxylic acids is 1. The molecule has 0 aliphatic carbocycles. The highest BCUT2D eigenvalue weighted by Gasteiger charge is 2.11. The highest BCUT2D eigenvalue weighted by atomic mass is 35.5. The summed E-state index contributed by atoms with van der Waals surface area (Å²) in [6, 6.07) is 9.53. The number of carbonyl (C=O) groups is 1. The third-order valence-electron chi connectivity index (χ3n) is 3.29. The summed E-state index contributed by atoms with van der Waals surface area (Å²) >= 11 is 5.90. The molecule has 0 saturated heterocycles. The number of ether oxygens (including phenoxy) is 2. The molecule has 25 heavy (non-hydrogen) atoms. The van der Waals surface area contributed by atoms with Gasteiger partial charge in [0.05, 0.1) is 23.7 Å². The van der Waals surface area contributed by atoms with Gasteiger partial charge in [0.25, 0.3) is 0 Å². The van der Waals surface area contributed by atoms with Gasteiger partial charge in [0.1, 0.15) is 11.5 Å². The number of rotatable bonds is 6. The molecule has 3 aromatic rings. The number of fused-ring (bicyclic) bond motifs is 1. The van der Waals surface area contributed by atoms with Crippen LogP contribution in [-0.4, -0.2) is 27.9 Å². The maximum absolute atomic E-state index is 12.4. The third kappa shape index (κ3) is 4.13. The van der Waals surface area contributed by atoms with Gasteiger partial charge in [-0.3, -0.25) is 4.79 Å². The third-order valence-corrected chi connectivity index (χ3v) is 3.52. The molecular weight excluding hydrogens is 351 g/mol. The van der Waals surface area contributed by atoms with E-state index in [1.807, 2.05) is 0 Å². The summed E-state index contributed by atoms with van der Waals surface area (Å²) < 4.78 is 22.8. The SMILES string of the molecule is O=C(O)Cc1cc(Oc2cnc3cc(Cl)ccc3n2)ccc1OCF. The summed E-state index contributed by atoms with van der Waals surface area (Å²) in [6.45, 7) is -1.05. The Kier molecular flexibility index (Phi) is 4.95. The quantitative estimate of drug-likeness (QED) is 0.713. The Morgan fingerprint density at radius 2 is 2.04 bits per heavy atom. The van der Waals surface area contributed by atoms with Crippen molar-refractivity contribution in [1.29, 1.82) is 0 Å². The van der Waals surface area contributed by atoms with Crippen molar-refractivity contribution in [2.45, 2.75) is 6.42 Å². The first-order valence-electron chi connectivity index (χ1n) is 7.19. The average molecular weight is 363 g/mol. The van der Waals surface area contributed by atoms with Gasteiger partial charge in [-0.15, -0.1) is 0 Å². The Hall–Kier alpha value is -2.93. The fourth-order valence-corrected chi connectivity index (χ4v) is 2.42. The predicted molar refractivity (Wildman–Crippen MR) is 89.0 cm³/mol. The van der Waals surface area contributed by atoms with Gasteiger partial charge in [0.2, 0.25) is 12.7 Å². The van der Waals surface area contributed by atoms with Crippen LogP contribution in [0.15, 0.2) is 42.6 Å². The minimum absolute atomic E-state index is 0.150. The number of carboxylic acid groups (broad SMARTS) is 1. The molecule has 1 heterocycles. The molecule has 3 rings (SSSR count). The van der Waals surface area contributed by atoms with Gasteiger partial charge >= 0.3 is 5.97 Å². The zero-order valence-electron chi connectivity index (χ0n) is 12.8. The Morgan fingerprint density at radius 1 is 1.20 bits per heavy atom. The van der Waals surface area contributed by atoms with Gasteiger partial charge in [-0.2, -0.15) is 0 Å². The van der Waals surface area contributed by atoms with Gasteiger partial charge in [0, 0.05) is 10.6 Å². The number of nitrogens with zero attached hydrogens (tertiary/aromatic N) is 2. The second-order valence-electron chi connectivity index (χ2n) is 5.04. The second kappa shape index (κ2) is 7.31. The van der Waals surface area contributed by atoms with Crippen molar-refractivity contribution >= 4 is 28.6 Å². The molecule has 0 radical (unpaired) electrons. The molecule has 0 aliphatic rings. The lowest BCUT2D eigenvalue weighted by Gasteiger charge is -2.11. The number of hydrogen-bond acceptors (Lipinski definition) is 5. The van der Waals surface area contributed by atoms with E-state index in [1.165, 1.54) is 24.4 Å². The number of benzene rings is 2. The number of hydrogen-bond donors (Lipinski definition) is 1. The first kappa shape index (κ1) is 16.9. The van der Waals surface area contributed by atoms with Gasteiger partial charge in [-0.1, -0.05) is 11.6 Å². The largest absolute Gasteiger partial charge is 0.481 e. The molecule has 0 fully saturated rings. The molecule has 6 nitrogen and oxygen atoms in total. The van der Waals surface area contributed by atoms with Crippen molar-refractivity contribution in [2.24, 2.45) is 0 Å². The van der Waals surface area contributed by atoms with E-state index in [-0.39, 0.29) is 18.1 Å². The van der Waals surface area contributed by atoms with E-state index >= 15 is 0 Å². The first-order valence-corrected chi connectivity index (χ1v) is 7.56. The first-order chi connectivity index (χ1) is 12.0. The lowest BCUT2D eigenvalue weighted by atomic mass is 10.1. The average Bonchev–Trinajstić information content (AvgIpc) is 2.57. The minimum atomic E-state index is -1.07. The molecule has 0 unspecified atom stereocenters. The van der Waals surface area contributed by atoms with Crippen molar-refractivity contribution in [3.8, 4) is 17.4 Å². The maximum atomic E-state index is 12.4. The van der Waals surface area contributed by atoms with Crippen LogP contribution in [-0.2, 0) is 11.2 Å². The van der Waals surface area contributed by atoms with Crippen LogP contribution < -0.4 is 9.47 Å². The summed E-state index contributed by atoms with van der Waals surface area (Å²) in [5, 5.41) is 9.51. The fourth-order valence-electron chi connectivity index (χ4n) is 2.26. The summed E-state index contributed by atoms with van der Waals surface area (Å²) in [5.41, 5.74) is 1.52. The van der Waals surface area contributed by atoms with Crippen LogP contribution in [0.3, 0.4) is 0 Å². The number of aromatic nitrogens is 2. The van der Waals surface area contributed by atoms with Crippen LogP contribution in [0.4, 0.5) is 4.39 Å². The van der Waals surface area contributed by atoms with Gasteiger partial charge < -0.3 is 14.6 Å². The molecule has 1 N–H and O–H groups in total. The van der Waals surface area contributed by atoms with Crippen LogP contribution >= 0.6 is 11.6 Å². The van der Waals surface area contributed by atoms with Gasteiger partial charge in [-0.25, -0.2) is 14.4 Å². The lowest BCUT2D eigenvalue weighted by molar-refractivity contribution is -0.136. The highest BCUT2D eigenvalue weighted by molar-refractivity contribution is 6.31. The Bertz CT molecular complexity index is 936. The normalized spacial score (nSPS) is 10.6. The van der Waals surface area contributed by atoms with E-state index in [9.17, 15) is 9.18 Å². The van der Waals surface area contributed by atoms with E-state index in [4.69, 9.17) is 26.2 Å². The molecule has 8 heteroatoms. The molecule has 0 atom stereocenters. The Morgan fingerprint density at radius 3 is 2.80 bits per heavy atom. The maximum Gasteiger partial charge on any atom is 0.307 e. The predicted octanol–water partition coefficient (Wildman–Crippen LogP) is 4.01. The summed E-state index contributed by atoms with van der Waals surface area (Å²) in [7, 11) is 0. The van der Waals surface area contributed by atoms with Crippen molar-refractivity contribution in [3.63, 3.8) is 0 Å². The van der Waals surface area contributed by atoms with Crippen molar-refractivity contribution in [2.75, 3.05) is 6.86 Å². The standard InChI is InChI=1S/C17H12ClFN2O4/c18-11-1-3-13-14(7-11)20-8-16(21-13)25-12-2-4-15(24-9-19)10(5-12)6-17(22)23/h1-5,7-8H,6,9H2,(H,22,23). The lowest BCUT2D eigenvalue weighted by Crippen LogP contribution is -2.04. The van der Waals surface area contributed by atoms with E-state index in [2.05, 4.69) is 9.97 Å². The van der Waals surface area contributed by atoms with Crippen molar-refractivity contribution < 1.29 is 23.8 Å². The van der Waals surface area contributed by atoms with Crippen LogP contribution in [0.2, 0.25) is 5.02 Å². The minimum Gasteiger partial charge on any atom is -0.481 e. The monoisotopic (exact) mass is 362 g/mol. The van der Waals surface area contributed by atoms with Crippen LogP contribution in [0.5, 0.6) is 17.4 Å². The molecule has 2 aromatic carbocycles. The number of aliphatic carboxylic acids is 1. The van der Waals surface area contributed by atoms with Crippen LogP contribution in [0, 0.1) is 0 Å². The van der Waals surface area contributed by atoms with E-state index in [1.54, 1.807) is 18.2 Å². The summed E-state index contributed by atoms with van der Waals surface area (Å²) in [4.78, 5) is 19.5. The van der Waals surface area contributed by atoms with Crippen molar-refractivity contribution in [3.05, 3.63) is 53.2 Å². The van der Waals surface area contributed by atoms with E-state index in [0.29, 0.717) is 27.4 Å². The van der Waals surface area contributed by atoms with Crippen LogP contribution in [0.25, 0.3) is 11.0 Å². The molecule has 0 bridgehead atoms. The molecule has 1 aromatic heterocycles. The van der Waals surface area contributed by atoms with Gasteiger partial charge in [-0.05, 0) is 36.4 Å². The van der Waals surface area contributed by atoms with E-state index in [0.717, 1.165) is 0 Å². The molecule has 0 amide bonds. The molecule has 0 aliphatic heterocycles. The van der Waals surface area contributed by atoms with Crippen molar-refractivity contribution in [1.82, 2.24) is 9.97 Å². The topological polar surface area (TPSA) is 81.5 Å². The number of halogens is 2. The Balaban J connectivity index is 1.89. The molecule has 0 spiro atoms. The summed E-state index contributed by atoms with van der Waals surface area (Å²) in [5.74, 6) is -0.347. The highest BCUT2D eigenvalue weighted by Crippen LogP contribution is 2.28. The molecular formula is C17H12ClFN2O4. The zero-order chi connectivity index (χ0) is 17.8. The molecule has 0 saturated carbocycles. The fraction of sp³-hybridized carbons (Fsp3) is 0.118. The zero-order valence-corrected chi connectivity index (χ0v) is 13.5. The Labute approximate surface area is 146 Å².